The third kappa shape index (κ3) is 4.39. The Balaban J connectivity index is 1.66. The van der Waals surface area contributed by atoms with Gasteiger partial charge < -0.3 is 24.3 Å². The van der Waals surface area contributed by atoms with E-state index in [1.807, 2.05) is 34.8 Å². The zero-order valence-electron chi connectivity index (χ0n) is 19.9. The Labute approximate surface area is 198 Å². The van der Waals surface area contributed by atoms with Gasteiger partial charge in [0.05, 0.1) is 38.4 Å². The van der Waals surface area contributed by atoms with E-state index < -0.39 is 0 Å². The quantitative estimate of drug-likeness (QED) is 0.426. The lowest BCUT2D eigenvalue weighted by Gasteiger charge is -2.29. The van der Waals surface area contributed by atoms with Crippen molar-refractivity contribution in [3.63, 3.8) is 0 Å². The first-order chi connectivity index (χ1) is 16.7. The number of methoxy groups -OCH3 is 1. The molecule has 3 aromatic heterocycles. The average Bonchev–Trinajstić information content (AvgIpc) is 3.47. The lowest BCUT2D eigenvalue weighted by Crippen LogP contribution is -2.36. The van der Waals surface area contributed by atoms with Crippen molar-refractivity contribution in [1.29, 1.82) is 0 Å². The summed E-state index contributed by atoms with van der Waals surface area (Å²) in [6.45, 7) is 6.87. The number of anilines is 1. The third-order valence-electron chi connectivity index (χ3n) is 5.93. The number of rotatable bonds is 8. The summed E-state index contributed by atoms with van der Waals surface area (Å²) in [5.74, 6) is 2.18. The van der Waals surface area contributed by atoms with E-state index in [4.69, 9.17) is 29.5 Å². The molecule has 10 heteroatoms. The topological polar surface area (TPSA) is 95.2 Å². The van der Waals surface area contributed by atoms with Crippen molar-refractivity contribution in [3.05, 3.63) is 48.0 Å². The number of benzene rings is 1. The van der Waals surface area contributed by atoms with Gasteiger partial charge in [-0.1, -0.05) is 23.8 Å². The number of morpholine rings is 1. The van der Waals surface area contributed by atoms with Crippen LogP contribution in [0.4, 0.5) is 5.69 Å². The van der Waals surface area contributed by atoms with Gasteiger partial charge in [0.1, 0.15) is 11.3 Å². The number of ether oxygens (including phenoxy) is 2. The number of hydrogen-bond acceptors (Lipinski definition) is 8. The minimum atomic E-state index is 0.564. The minimum absolute atomic E-state index is 0.564. The maximum atomic E-state index is 5.58. The second-order valence-corrected chi connectivity index (χ2v) is 8.37. The van der Waals surface area contributed by atoms with Gasteiger partial charge in [-0.05, 0) is 20.0 Å². The second-order valence-electron chi connectivity index (χ2n) is 8.37. The lowest BCUT2D eigenvalue weighted by atomic mass is 10.1. The fourth-order valence-corrected chi connectivity index (χ4v) is 4.22. The van der Waals surface area contributed by atoms with Crippen LogP contribution >= 0.6 is 0 Å². The van der Waals surface area contributed by atoms with Crippen molar-refractivity contribution in [2.75, 3.05) is 52.0 Å². The van der Waals surface area contributed by atoms with Gasteiger partial charge in [0.25, 0.3) is 0 Å². The number of fused-ring (bicyclic) bond motifs is 1. The molecule has 1 aromatic carbocycles. The van der Waals surface area contributed by atoms with Gasteiger partial charge in [-0.3, -0.25) is 0 Å². The molecule has 0 amide bonds. The average molecular weight is 463 g/mol. The summed E-state index contributed by atoms with van der Waals surface area (Å²) in [5.41, 5.74) is 4.86. The predicted molar refractivity (Wildman–Crippen MR) is 130 cm³/mol. The Hall–Kier alpha value is -3.34. The molecule has 0 radical (unpaired) electrons. The summed E-state index contributed by atoms with van der Waals surface area (Å²) in [5, 5.41) is 8.09. The first-order valence-corrected chi connectivity index (χ1v) is 11.5. The molecule has 178 valence electrons. The summed E-state index contributed by atoms with van der Waals surface area (Å²) in [6.07, 6.45) is 1.83. The largest absolute Gasteiger partial charge is 0.383 e. The molecule has 1 N–H and O–H groups in total. The van der Waals surface area contributed by atoms with E-state index in [2.05, 4.69) is 35.3 Å². The van der Waals surface area contributed by atoms with Crippen LogP contribution in [0.5, 0.6) is 0 Å². The Bertz CT molecular complexity index is 1280. The standard InChI is InChI=1S/C24H30N8O2/c1-17-5-4-6-18(13-17)23-27-21(15-25-2)32(29-23)20-14-19(30-8-11-34-12-9-30)22-24(28-20)31(16-26-22)7-10-33-3/h4-6,13-14,16,25H,7-12,15H2,1-3H3. The molecule has 0 saturated carbocycles. The van der Waals surface area contributed by atoms with Gasteiger partial charge >= 0.3 is 0 Å². The zero-order chi connectivity index (χ0) is 23.5. The molecule has 0 unspecified atom stereocenters. The molecular formula is C24H30N8O2. The van der Waals surface area contributed by atoms with Crippen LogP contribution in [0.25, 0.3) is 28.4 Å². The summed E-state index contributed by atoms with van der Waals surface area (Å²) in [4.78, 5) is 16.9. The van der Waals surface area contributed by atoms with Gasteiger partial charge in [-0.2, -0.15) is 4.68 Å². The molecule has 1 aliphatic heterocycles. The molecule has 1 saturated heterocycles. The summed E-state index contributed by atoms with van der Waals surface area (Å²) in [7, 11) is 3.60. The van der Waals surface area contributed by atoms with E-state index in [1.54, 1.807) is 7.11 Å². The number of nitrogens with zero attached hydrogens (tertiary/aromatic N) is 7. The molecular weight excluding hydrogens is 432 g/mol. The summed E-state index contributed by atoms with van der Waals surface area (Å²) < 4.78 is 14.8. The zero-order valence-corrected chi connectivity index (χ0v) is 19.9. The second kappa shape index (κ2) is 9.88. The van der Waals surface area contributed by atoms with E-state index in [9.17, 15) is 0 Å². The minimum Gasteiger partial charge on any atom is -0.383 e. The molecule has 5 rings (SSSR count). The number of aromatic nitrogens is 6. The van der Waals surface area contributed by atoms with Crippen LogP contribution in [-0.2, 0) is 22.6 Å². The fraction of sp³-hybridized carbons (Fsp3) is 0.417. The van der Waals surface area contributed by atoms with Crippen molar-refractivity contribution >= 4 is 16.9 Å². The van der Waals surface area contributed by atoms with Gasteiger partial charge in [0.15, 0.2) is 17.3 Å². The number of pyridine rings is 1. The van der Waals surface area contributed by atoms with E-state index in [0.29, 0.717) is 44.6 Å². The van der Waals surface area contributed by atoms with Crippen molar-refractivity contribution in [2.24, 2.45) is 0 Å². The van der Waals surface area contributed by atoms with Crippen molar-refractivity contribution in [3.8, 4) is 17.2 Å². The molecule has 0 spiro atoms. The van der Waals surface area contributed by atoms with Crippen LogP contribution < -0.4 is 10.2 Å². The molecule has 10 nitrogen and oxygen atoms in total. The van der Waals surface area contributed by atoms with Crippen molar-refractivity contribution in [1.82, 2.24) is 34.6 Å². The maximum Gasteiger partial charge on any atom is 0.181 e. The number of nitrogens with one attached hydrogen (secondary N) is 1. The SMILES string of the molecule is CNCc1nc(-c2cccc(C)c2)nn1-c1cc(N2CCOCC2)c2ncn(CCOC)c2n1. The Kier molecular flexibility index (Phi) is 6.52. The number of hydrogen-bond donors (Lipinski definition) is 1. The van der Waals surface area contributed by atoms with Crippen LogP contribution in [0.15, 0.2) is 36.7 Å². The van der Waals surface area contributed by atoms with Crippen LogP contribution in [0, 0.1) is 6.92 Å². The Morgan fingerprint density at radius 1 is 1.15 bits per heavy atom. The van der Waals surface area contributed by atoms with Crippen LogP contribution in [0.3, 0.4) is 0 Å². The molecule has 0 aliphatic carbocycles. The highest BCUT2D eigenvalue weighted by molar-refractivity contribution is 5.87. The normalized spacial score (nSPS) is 14.3. The number of aryl methyl sites for hydroxylation is 1. The lowest BCUT2D eigenvalue weighted by molar-refractivity contribution is 0.123. The fourth-order valence-electron chi connectivity index (χ4n) is 4.22. The van der Waals surface area contributed by atoms with Gasteiger partial charge in [0.2, 0.25) is 0 Å². The molecule has 1 aliphatic rings. The Morgan fingerprint density at radius 2 is 2.00 bits per heavy atom. The monoisotopic (exact) mass is 462 g/mol. The first-order valence-electron chi connectivity index (χ1n) is 11.5. The highest BCUT2D eigenvalue weighted by Crippen LogP contribution is 2.29. The first kappa shape index (κ1) is 22.5. The van der Waals surface area contributed by atoms with Crippen LogP contribution in [0.1, 0.15) is 11.4 Å². The maximum absolute atomic E-state index is 5.58. The van der Waals surface area contributed by atoms with E-state index >= 15 is 0 Å². The molecule has 1 fully saturated rings. The van der Waals surface area contributed by atoms with E-state index in [-0.39, 0.29) is 0 Å². The van der Waals surface area contributed by atoms with E-state index in [0.717, 1.165) is 41.3 Å². The third-order valence-corrected chi connectivity index (χ3v) is 5.93. The van der Waals surface area contributed by atoms with Gasteiger partial charge in [-0.15, -0.1) is 5.10 Å². The molecule has 0 bridgehead atoms. The van der Waals surface area contributed by atoms with Crippen LogP contribution in [0.2, 0.25) is 0 Å². The smallest absolute Gasteiger partial charge is 0.181 e. The van der Waals surface area contributed by atoms with Gasteiger partial charge in [-0.25, -0.2) is 15.0 Å². The predicted octanol–water partition coefficient (Wildman–Crippen LogP) is 2.19. The molecule has 4 heterocycles. The van der Waals surface area contributed by atoms with Crippen molar-refractivity contribution < 1.29 is 9.47 Å². The van der Waals surface area contributed by atoms with E-state index in [1.165, 1.54) is 5.56 Å². The van der Waals surface area contributed by atoms with Crippen LogP contribution in [-0.4, -0.2) is 76.4 Å². The van der Waals surface area contributed by atoms with Crippen molar-refractivity contribution in [2.45, 2.75) is 20.0 Å². The highest BCUT2D eigenvalue weighted by atomic mass is 16.5. The molecule has 0 atom stereocenters. The summed E-state index contributed by atoms with van der Waals surface area (Å²) >= 11 is 0. The molecule has 4 aromatic rings. The van der Waals surface area contributed by atoms with Gasteiger partial charge in [0, 0.05) is 38.4 Å². The number of imidazole rings is 1. The summed E-state index contributed by atoms with van der Waals surface area (Å²) in [6, 6.07) is 10.3. The highest BCUT2D eigenvalue weighted by Gasteiger charge is 2.22. The Morgan fingerprint density at radius 3 is 2.76 bits per heavy atom. The molecule has 34 heavy (non-hydrogen) atoms.